The molecule has 0 aromatic heterocycles. The number of hydrogen-bond acceptors (Lipinski definition) is 3. The number of aliphatic hydroxyl groups is 1. The summed E-state index contributed by atoms with van der Waals surface area (Å²) < 4.78 is 5.54. The molecule has 0 saturated heterocycles. The van der Waals surface area contributed by atoms with Gasteiger partial charge in [-0.3, -0.25) is 0 Å². The van der Waals surface area contributed by atoms with Crippen LogP contribution in [0.2, 0.25) is 0 Å². The summed E-state index contributed by atoms with van der Waals surface area (Å²) in [6, 6.07) is -0.307. The molecule has 0 aliphatic heterocycles. The average Bonchev–Trinajstić information content (AvgIpc) is 2.36. The molecular weight excluding hydrogens is 256 g/mol. The minimum absolute atomic E-state index is 0.0323. The summed E-state index contributed by atoms with van der Waals surface area (Å²) in [7, 11) is 1.71. The van der Waals surface area contributed by atoms with E-state index in [2.05, 4.69) is 45.3 Å². The van der Waals surface area contributed by atoms with Gasteiger partial charge in [-0.2, -0.15) is 0 Å². The molecule has 1 aliphatic carbocycles. The fourth-order valence-electron chi connectivity index (χ4n) is 2.86. The van der Waals surface area contributed by atoms with Crippen LogP contribution in [-0.2, 0) is 4.74 Å². The SMILES string of the molecule is COC1(C)CC(NC(=O)NC(CO)CC(C)C)C1(C)C. The minimum atomic E-state index is -0.207. The molecule has 1 fully saturated rings. The van der Waals surface area contributed by atoms with Gasteiger partial charge in [0, 0.05) is 18.6 Å². The van der Waals surface area contributed by atoms with Crippen LogP contribution in [0.25, 0.3) is 0 Å². The second kappa shape index (κ2) is 6.31. The maximum atomic E-state index is 12.0. The number of methoxy groups -OCH3 is 1. The number of carbonyl (C=O) groups is 1. The quantitative estimate of drug-likeness (QED) is 0.698. The summed E-state index contributed by atoms with van der Waals surface area (Å²) in [6.07, 6.45) is 1.58. The Labute approximate surface area is 122 Å². The van der Waals surface area contributed by atoms with E-state index in [1.54, 1.807) is 7.11 Å². The van der Waals surface area contributed by atoms with Crippen molar-refractivity contribution in [2.75, 3.05) is 13.7 Å². The number of carbonyl (C=O) groups excluding carboxylic acids is 1. The molecule has 20 heavy (non-hydrogen) atoms. The van der Waals surface area contributed by atoms with Crippen LogP contribution < -0.4 is 10.6 Å². The zero-order valence-electron chi connectivity index (χ0n) is 13.6. The maximum Gasteiger partial charge on any atom is 0.315 e. The van der Waals surface area contributed by atoms with Crippen molar-refractivity contribution in [2.45, 2.75) is 65.1 Å². The highest BCUT2D eigenvalue weighted by atomic mass is 16.5. The molecule has 5 heteroatoms. The molecule has 1 rings (SSSR count). The topological polar surface area (TPSA) is 70.6 Å². The lowest BCUT2D eigenvalue weighted by Crippen LogP contribution is -2.69. The first-order valence-electron chi connectivity index (χ1n) is 7.39. The van der Waals surface area contributed by atoms with E-state index in [1.165, 1.54) is 0 Å². The molecule has 3 N–H and O–H groups in total. The molecule has 0 spiro atoms. The first kappa shape index (κ1) is 17.2. The van der Waals surface area contributed by atoms with Gasteiger partial charge in [0.25, 0.3) is 0 Å². The first-order valence-corrected chi connectivity index (χ1v) is 7.39. The molecule has 5 nitrogen and oxygen atoms in total. The monoisotopic (exact) mass is 286 g/mol. The maximum absolute atomic E-state index is 12.0. The Morgan fingerprint density at radius 2 is 2.00 bits per heavy atom. The van der Waals surface area contributed by atoms with Crippen LogP contribution in [0.15, 0.2) is 0 Å². The van der Waals surface area contributed by atoms with Gasteiger partial charge < -0.3 is 20.5 Å². The van der Waals surface area contributed by atoms with Gasteiger partial charge in [-0.1, -0.05) is 27.7 Å². The molecule has 1 saturated carbocycles. The van der Waals surface area contributed by atoms with Crippen LogP contribution in [0.3, 0.4) is 0 Å². The molecule has 0 aromatic rings. The molecule has 2 amide bonds. The van der Waals surface area contributed by atoms with Crippen molar-refractivity contribution >= 4 is 6.03 Å². The summed E-state index contributed by atoms with van der Waals surface area (Å²) in [5.74, 6) is 0.435. The molecule has 3 unspecified atom stereocenters. The normalized spacial score (nSPS) is 29.7. The Bertz CT molecular complexity index is 344. The van der Waals surface area contributed by atoms with Crippen LogP contribution in [0.1, 0.15) is 47.5 Å². The zero-order valence-corrected chi connectivity index (χ0v) is 13.6. The van der Waals surface area contributed by atoms with Gasteiger partial charge >= 0.3 is 6.03 Å². The fraction of sp³-hybridized carbons (Fsp3) is 0.933. The van der Waals surface area contributed by atoms with Crippen LogP contribution in [0.5, 0.6) is 0 Å². The van der Waals surface area contributed by atoms with Gasteiger partial charge in [0.2, 0.25) is 0 Å². The molecule has 1 aliphatic rings. The van der Waals surface area contributed by atoms with E-state index in [0.717, 1.165) is 12.8 Å². The van der Waals surface area contributed by atoms with Crippen molar-refractivity contribution in [3.8, 4) is 0 Å². The summed E-state index contributed by atoms with van der Waals surface area (Å²) >= 11 is 0. The van der Waals surface area contributed by atoms with E-state index >= 15 is 0 Å². The second-order valence-electron chi connectivity index (χ2n) is 7.04. The Hall–Kier alpha value is -0.810. The zero-order chi connectivity index (χ0) is 15.6. The number of ether oxygens (including phenoxy) is 1. The highest BCUT2D eigenvalue weighted by Gasteiger charge is 2.58. The fourth-order valence-corrected chi connectivity index (χ4v) is 2.86. The molecule has 0 aromatic carbocycles. The number of nitrogens with one attached hydrogen (secondary N) is 2. The smallest absolute Gasteiger partial charge is 0.315 e. The van der Waals surface area contributed by atoms with Gasteiger partial charge in [-0.25, -0.2) is 4.79 Å². The minimum Gasteiger partial charge on any atom is -0.394 e. The van der Waals surface area contributed by atoms with Crippen molar-refractivity contribution in [1.82, 2.24) is 10.6 Å². The Balaban J connectivity index is 2.48. The number of hydrogen-bond donors (Lipinski definition) is 3. The number of amides is 2. The van der Waals surface area contributed by atoms with Crippen molar-refractivity contribution < 1.29 is 14.6 Å². The van der Waals surface area contributed by atoms with Crippen LogP contribution in [0, 0.1) is 11.3 Å². The number of urea groups is 1. The van der Waals surface area contributed by atoms with Crippen molar-refractivity contribution in [2.24, 2.45) is 11.3 Å². The van der Waals surface area contributed by atoms with Gasteiger partial charge in [-0.15, -0.1) is 0 Å². The molecule has 0 radical (unpaired) electrons. The van der Waals surface area contributed by atoms with Crippen LogP contribution in [-0.4, -0.2) is 42.5 Å². The molecule has 0 bridgehead atoms. The van der Waals surface area contributed by atoms with E-state index < -0.39 is 0 Å². The largest absolute Gasteiger partial charge is 0.394 e. The molecule has 3 atom stereocenters. The predicted octanol–water partition coefficient (Wildman–Crippen LogP) is 1.90. The average molecular weight is 286 g/mol. The van der Waals surface area contributed by atoms with Gasteiger partial charge in [0.1, 0.15) is 0 Å². The van der Waals surface area contributed by atoms with Crippen molar-refractivity contribution in [3.05, 3.63) is 0 Å². The van der Waals surface area contributed by atoms with Crippen molar-refractivity contribution in [3.63, 3.8) is 0 Å². The lowest BCUT2D eigenvalue weighted by atomic mass is 9.56. The molecule has 118 valence electrons. The molecular formula is C15H30N2O3. The number of aliphatic hydroxyl groups excluding tert-OH is 1. The third kappa shape index (κ3) is 3.44. The Kier molecular flexibility index (Phi) is 5.44. The summed E-state index contributed by atoms with van der Waals surface area (Å²) in [4.78, 5) is 12.0. The van der Waals surface area contributed by atoms with Gasteiger partial charge in [0.05, 0.1) is 18.2 Å². The summed E-state index contributed by atoms with van der Waals surface area (Å²) in [5, 5.41) is 15.1. The third-order valence-corrected chi connectivity index (χ3v) is 4.90. The lowest BCUT2D eigenvalue weighted by Gasteiger charge is -2.59. The standard InChI is InChI=1S/C15H30N2O3/c1-10(2)7-11(9-18)16-13(19)17-12-8-15(5,20-6)14(12,3)4/h10-12,18H,7-9H2,1-6H3,(H2,16,17,19). The van der Waals surface area contributed by atoms with E-state index in [9.17, 15) is 9.90 Å². The third-order valence-electron chi connectivity index (χ3n) is 4.90. The highest BCUT2D eigenvalue weighted by molar-refractivity contribution is 5.75. The summed E-state index contributed by atoms with van der Waals surface area (Å²) in [6.45, 7) is 10.4. The van der Waals surface area contributed by atoms with E-state index in [1.807, 2.05) is 0 Å². The Morgan fingerprint density at radius 3 is 2.40 bits per heavy atom. The Morgan fingerprint density at radius 1 is 1.40 bits per heavy atom. The number of rotatable bonds is 6. The summed E-state index contributed by atoms with van der Waals surface area (Å²) in [5.41, 5.74) is -0.300. The second-order valence-corrected chi connectivity index (χ2v) is 7.04. The van der Waals surface area contributed by atoms with E-state index in [4.69, 9.17) is 4.74 Å². The van der Waals surface area contributed by atoms with Crippen molar-refractivity contribution in [1.29, 1.82) is 0 Å². The lowest BCUT2D eigenvalue weighted by molar-refractivity contribution is -0.177. The van der Waals surface area contributed by atoms with E-state index in [-0.39, 0.29) is 35.7 Å². The van der Waals surface area contributed by atoms with E-state index in [0.29, 0.717) is 5.92 Å². The highest BCUT2D eigenvalue weighted by Crippen LogP contribution is 2.51. The first-order chi connectivity index (χ1) is 9.16. The van der Waals surface area contributed by atoms with Gasteiger partial charge in [0.15, 0.2) is 0 Å². The molecule has 0 heterocycles. The van der Waals surface area contributed by atoms with Crippen LogP contribution >= 0.6 is 0 Å². The van der Waals surface area contributed by atoms with Gasteiger partial charge in [-0.05, 0) is 25.7 Å². The van der Waals surface area contributed by atoms with Crippen LogP contribution in [0.4, 0.5) is 4.79 Å². The predicted molar refractivity (Wildman–Crippen MR) is 79.6 cm³/mol.